The summed E-state index contributed by atoms with van der Waals surface area (Å²) in [6.45, 7) is -0.377. The fourth-order valence-electron chi connectivity index (χ4n) is 3.15. The normalized spacial score (nSPS) is 20.4. The van der Waals surface area contributed by atoms with Crippen molar-refractivity contribution < 1.29 is 23.2 Å². The molecule has 0 bridgehead atoms. The first-order valence-corrected chi connectivity index (χ1v) is 8.78. The Labute approximate surface area is 167 Å². The predicted octanol–water partition coefficient (Wildman–Crippen LogP) is 2.55. The van der Waals surface area contributed by atoms with Crippen LogP contribution in [0.4, 0.5) is 20.2 Å². The molecule has 0 saturated carbocycles. The van der Waals surface area contributed by atoms with Gasteiger partial charge in [0.05, 0.1) is 10.7 Å². The third-order valence-electron chi connectivity index (χ3n) is 4.43. The molecule has 29 heavy (non-hydrogen) atoms. The maximum Gasteiger partial charge on any atom is 0.263 e. The van der Waals surface area contributed by atoms with Crippen molar-refractivity contribution in [3.63, 3.8) is 0 Å². The number of nitrogens with one attached hydrogen (secondary N) is 1. The minimum Gasteiger partial charge on any atom is -0.324 e. The van der Waals surface area contributed by atoms with Gasteiger partial charge in [0.2, 0.25) is 5.91 Å². The molecule has 8 nitrogen and oxygen atoms in total. The van der Waals surface area contributed by atoms with E-state index in [1.54, 1.807) is 0 Å². The van der Waals surface area contributed by atoms with E-state index in [1.165, 1.54) is 24.3 Å². The molecule has 4 rings (SSSR count). The molecule has 2 aliphatic rings. The number of rotatable bonds is 4. The summed E-state index contributed by atoms with van der Waals surface area (Å²) in [7, 11) is 0. The van der Waals surface area contributed by atoms with Gasteiger partial charge in [0.1, 0.15) is 18.2 Å². The van der Waals surface area contributed by atoms with Gasteiger partial charge in [-0.3, -0.25) is 19.4 Å². The minimum atomic E-state index is -1.12. The Morgan fingerprint density at radius 1 is 1.14 bits per heavy atom. The second-order valence-corrected chi connectivity index (χ2v) is 6.77. The van der Waals surface area contributed by atoms with Crippen molar-refractivity contribution >= 4 is 40.7 Å². The molecule has 2 aromatic rings. The summed E-state index contributed by atoms with van der Waals surface area (Å²) < 4.78 is 26.6. The van der Waals surface area contributed by atoms with Crippen LogP contribution in [0, 0.1) is 11.6 Å². The zero-order valence-electron chi connectivity index (χ0n) is 14.6. The van der Waals surface area contributed by atoms with Gasteiger partial charge >= 0.3 is 0 Å². The first-order chi connectivity index (χ1) is 13.8. The number of hydrogen-bond donors (Lipinski definition) is 1. The zero-order valence-corrected chi connectivity index (χ0v) is 15.3. The molecule has 148 valence electrons. The van der Waals surface area contributed by atoms with Crippen molar-refractivity contribution in [2.24, 2.45) is 10.3 Å². The summed E-state index contributed by atoms with van der Waals surface area (Å²) in [4.78, 5) is 38.5. The van der Waals surface area contributed by atoms with Crippen LogP contribution in [-0.2, 0) is 14.4 Å². The molecule has 0 spiro atoms. The molecule has 1 saturated heterocycles. The molecule has 2 atom stereocenters. The van der Waals surface area contributed by atoms with E-state index >= 15 is 0 Å². The van der Waals surface area contributed by atoms with Gasteiger partial charge in [0.25, 0.3) is 11.8 Å². The Morgan fingerprint density at radius 2 is 1.93 bits per heavy atom. The lowest BCUT2D eigenvalue weighted by Gasteiger charge is -2.20. The van der Waals surface area contributed by atoms with Gasteiger partial charge in [0, 0.05) is 5.69 Å². The minimum absolute atomic E-state index is 0.0974. The van der Waals surface area contributed by atoms with Crippen molar-refractivity contribution in [1.29, 1.82) is 0 Å². The van der Waals surface area contributed by atoms with E-state index in [1.807, 2.05) is 0 Å². The summed E-state index contributed by atoms with van der Waals surface area (Å²) >= 11 is 5.74. The molecular formula is C18H12ClF2N5O3. The lowest BCUT2D eigenvalue weighted by molar-refractivity contribution is -0.123. The Morgan fingerprint density at radius 3 is 2.66 bits per heavy atom. The molecule has 0 aliphatic carbocycles. The average molecular weight is 420 g/mol. The standard InChI is InChI=1S/C18H12ClF2N5O3/c19-12-7-11(4-5-13(12)21)26-17(28)15-16(18(26)29)25(24-23-15)8-14(27)22-10-3-1-2-9(20)6-10/h1-7,15-16H,8H2,(H,22,27). The van der Waals surface area contributed by atoms with Crippen LogP contribution in [0.1, 0.15) is 0 Å². The van der Waals surface area contributed by atoms with E-state index in [-0.39, 0.29) is 22.9 Å². The van der Waals surface area contributed by atoms with Crippen LogP contribution in [0.3, 0.4) is 0 Å². The molecule has 3 amide bonds. The highest BCUT2D eigenvalue weighted by atomic mass is 35.5. The van der Waals surface area contributed by atoms with E-state index < -0.39 is 41.4 Å². The molecule has 0 radical (unpaired) electrons. The highest BCUT2D eigenvalue weighted by Gasteiger charge is 2.55. The fourth-order valence-corrected chi connectivity index (χ4v) is 3.32. The Kier molecular flexibility index (Phi) is 4.71. The lowest BCUT2D eigenvalue weighted by Crippen LogP contribution is -2.43. The van der Waals surface area contributed by atoms with E-state index in [0.29, 0.717) is 0 Å². The van der Waals surface area contributed by atoms with Crippen molar-refractivity contribution in [3.8, 4) is 0 Å². The first-order valence-electron chi connectivity index (χ1n) is 8.41. The molecule has 0 aromatic heterocycles. The maximum absolute atomic E-state index is 13.4. The van der Waals surface area contributed by atoms with Crippen molar-refractivity contribution in [2.75, 3.05) is 16.8 Å². The van der Waals surface area contributed by atoms with Crippen LogP contribution in [0.5, 0.6) is 0 Å². The number of imide groups is 1. The molecule has 11 heteroatoms. The van der Waals surface area contributed by atoms with Gasteiger partial charge in [-0.2, -0.15) is 5.11 Å². The summed E-state index contributed by atoms with van der Waals surface area (Å²) in [6.07, 6.45) is 0. The van der Waals surface area contributed by atoms with E-state index in [2.05, 4.69) is 15.7 Å². The van der Waals surface area contributed by atoms with Crippen LogP contribution >= 0.6 is 11.6 Å². The van der Waals surface area contributed by atoms with Crippen LogP contribution in [0.2, 0.25) is 5.02 Å². The Hall–Kier alpha value is -3.40. The zero-order chi connectivity index (χ0) is 20.7. The monoisotopic (exact) mass is 419 g/mol. The van der Waals surface area contributed by atoms with Crippen LogP contribution in [0.25, 0.3) is 0 Å². The van der Waals surface area contributed by atoms with Gasteiger partial charge in [0.15, 0.2) is 12.1 Å². The molecular weight excluding hydrogens is 408 g/mol. The predicted molar refractivity (Wildman–Crippen MR) is 98.1 cm³/mol. The van der Waals surface area contributed by atoms with Gasteiger partial charge in [-0.25, -0.2) is 13.7 Å². The van der Waals surface area contributed by atoms with Crippen molar-refractivity contribution in [1.82, 2.24) is 5.01 Å². The van der Waals surface area contributed by atoms with Crippen LogP contribution in [0.15, 0.2) is 52.8 Å². The summed E-state index contributed by atoms with van der Waals surface area (Å²) in [5, 5.41) is 10.9. The largest absolute Gasteiger partial charge is 0.324 e. The lowest BCUT2D eigenvalue weighted by atomic mass is 10.1. The molecule has 2 heterocycles. The number of halogens is 3. The van der Waals surface area contributed by atoms with Crippen LogP contribution in [-0.4, -0.2) is 41.4 Å². The van der Waals surface area contributed by atoms with E-state index in [4.69, 9.17) is 11.6 Å². The number of amides is 3. The van der Waals surface area contributed by atoms with Gasteiger partial charge < -0.3 is 5.32 Å². The number of benzene rings is 2. The summed E-state index contributed by atoms with van der Waals surface area (Å²) in [5.74, 6) is -3.09. The van der Waals surface area contributed by atoms with Gasteiger partial charge in [-0.05, 0) is 36.4 Å². The second kappa shape index (κ2) is 7.21. The summed E-state index contributed by atoms with van der Waals surface area (Å²) in [6, 6.07) is 6.52. The van der Waals surface area contributed by atoms with Crippen molar-refractivity contribution in [3.05, 3.63) is 59.1 Å². The van der Waals surface area contributed by atoms with Gasteiger partial charge in [-0.1, -0.05) is 22.9 Å². The first kappa shape index (κ1) is 18.9. The second-order valence-electron chi connectivity index (χ2n) is 6.36. The number of carbonyl (C=O) groups is 3. The molecule has 1 fully saturated rings. The highest BCUT2D eigenvalue weighted by molar-refractivity contribution is 6.32. The fraction of sp³-hybridized carbons (Fsp3) is 0.167. The average Bonchev–Trinajstić information content (AvgIpc) is 3.18. The molecule has 2 unspecified atom stereocenters. The molecule has 2 aromatic carbocycles. The number of nitrogens with zero attached hydrogens (tertiary/aromatic N) is 4. The number of carbonyl (C=O) groups excluding carboxylic acids is 3. The quantitative estimate of drug-likeness (QED) is 0.770. The highest BCUT2D eigenvalue weighted by Crippen LogP contribution is 2.33. The van der Waals surface area contributed by atoms with Crippen LogP contribution < -0.4 is 10.2 Å². The number of anilines is 2. The van der Waals surface area contributed by atoms with E-state index in [9.17, 15) is 23.2 Å². The SMILES string of the molecule is O=C(CN1N=NC2C(=O)N(c3ccc(F)c(Cl)c3)C(=O)C21)Nc1cccc(F)c1. The third kappa shape index (κ3) is 3.42. The molecule has 1 N–H and O–H groups in total. The maximum atomic E-state index is 13.4. The Balaban J connectivity index is 1.50. The number of fused-ring (bicyclic) bond motifs is 1. The summed E-state index contributed by atoms with van der Waals surface area (Å²) in [5.41, 5.74) is 0.333. The third-order valence-corrected chi connectivity index (χ3v) is 4.72. The topological polar surface area (TPSA) is 94.4 Å². The molecule has 2 aliphatic heterocycles. The smallest absolute Gasteiger partial charge is 0.263 e. The number of hydrogen-bond acceptors (Lipinski definition) is 6. The van der Waals surface area contributed by atoms with Crippen molar-refractivity contribution in [2.45, 2.75) is 12.1 Å². The Bertz CT molecular complexity index is 1060. The van der Waals surface area contributed by atoms with Gasteiger partial charge in [-0.15, -0.1) is 0 Å². The van der Waals surface area contributed by atoms with E-state index in [0.717, 1.165) is 28.1 Å².